The van der Waals surface area contributed by atoms with E-state index in [1.807, 2.05) is 0 Å². The molecule has 0 nitrogen and oxygen atoms in total. The second kappa shape index (κ2) is 4.22. The minimum absolute atomic E-state index is 0.217. The van der Waals surface area contributed by atoms with Crippen molar-refractivity contribution in [2.24, 2.45) is 0 Å². The van der Waals surface area contributed by atoms with Crippen molar-refractivity contribution in [2.75, 3.05) is 0 Å². The van der Waals surface area contributed by atoms with Gasteiger partial charge in [-0.3, -0.25) is 0 Å². The van der Waals surface area contributed by atoms with Crippen molar-refractivity contribution in [3.63, 3.8) is 0 Å². The van der Waals surface area contributed by atoms with E-state index in [1.165, 1.54) is 21.0 Å². The van der Waals surface area contributed by atoms with E-state index in [1.54, 1.807) is 0 Å². The molecule has 88 valence electrons. The van der Waals surface area contributed by atoms with Crippen molar-refractivity contribution in [3.8, 4) is 0 Å². The molecule has 0 aliphatic heterocycles. The molecule has 0 aliphatic rings. The maximum absolute atomic E-state index is 2.73. The van der Waals surface area contributed by atoms with Crippen LogP contribution in [0.1, 0.15) is 58.2 Å². The average Bonchev–Trinajstić information content (AvgIpc) is 2.05. The predicted octanol–water partition coefficient (Wildman–Crippen LogP) is 3.38. The predicted molar refractivity (Wildman–Crippen MR) is 74.0 cm³/mol. The van der Waals surface area contributed by atoms with Crippen molar-refractivity contribution in [2.45, 2.75) is 59.3 Å². The Kier molecular flexibility index (Phi) is 3.65. The molecular weight excluding hydrogens is 255 g/mol. The van der Waals surface area contributed by atoms with Crippen molar-refractivity contribution in [3.05, 3.63) is 28.8 Å². The zero-order chi connectivity index (χ0) is 12.7. The Bertz CT molecular complexity index is 389. The van der Waals surface area contributed by atoms with Crippen molar-refractivity contribution in [1.29, 1.82) is 0 Å². The van der Waals surface area contributed by atoms with Gasteiger partial charge in [0, 0.05) is 0 Å². The second-order valence-corrected chi connectivity index (χ2v) is 7.63. The first-order valence-electron chi connectivity index (χ1n) is 5.88. The van der Waals surface area contributed by atoms with E-state index in [-0.39, 0.29) is 10.8 Å². The van der Waals surface area contributed by atoms with Gasteiger partial charge in [-0.25, -0.2) is 0 Å². The molecule has 2 radical (unpaired) electrons. The van der Waals surface area contributed by atoms with Gasteiger partial charge in [-0.1, -0.05) is 0 Å². The van der Waals surface area contributed by atoms with E-state index in [0.29, 0.717) is 0 Å². The summed E-state index contributed by atoms with van der Waals surface area (Å²) >= 11 is 2.73. The van der Waals surface area contributed by atoms with E-state index < -0.39 is 0 Å². The van der Waals surface area contributed by atoms with Crippen LogP contribution in [0.3, 0.4) is 0 Å². The molecule has 0 heterocycles. The first-order chi connectivity index (χ1) is 7.03. The number of hydrogen-bond acceptors (Lipinski definition) is 0. The molecule has 0 atom stereocenters. The molecule has 1 rings (SSSR count). The monoisotopic (exact) mass is 278 g/mol. The first kappa shape index (κ1) is 13.8. The van der Waals surface area contributed by atoms with Crippen LogP contribution in [0, 0.1) is 6.92 Å². The molecule has 0 N–H and O–H groups in total. The van der Waals surface area contributed by atoms with Crippen molar-refractivity contribution in [1.82, 2.24) is 0 Å². The van der Waals surface area contributed by atoms with Crippen LogP contribution in [0.25, 0.3) is 0 Å². The van der Waals surface area contributed by atoms with Crippen LogP contribution >= 0.6 is 0 Å². The third kappa shape index (κ3) is 2.92. The molecule has 0 saturated carbocycles. The van der Waals surface area contributed by atoms with E-state index in [4.69, 9.17) is 0 Å². The third-order valence-corrected chi connectivity index (χ3v) is 4.22. The minimum atomic E-state index is 0.217. The van der Waals surface area contributed by atoms with E-state index in [2.05, 4.69) is 77.5 Å². The van der Waals surface area contributed by atoms with Crippen LogP contribution in [0.15, 0.2) is 12.1 Å². The van der Waals surface area contributed by atoms with Crippen LogP contribution in [-0.4, -0.2) is 16.9 Å². The van der Waals surface area contributed by atoms with E-state index >= 15 is 0 Å². The molecule has 0 amide bonds. The van der Waals surface area contributed by atoms with Gasteiger partial charge in [0.25, 0.3) is 0 Å². The summed E-state index contributed by atoms with van der Waals surface area (Å²) in [7, 11) is 0. The fourth-order valence-electron chi connectivity index (χ4n) is 1.78. The molecule has 0 aromatic heterocycles. The van der Waals surface area contributed by atoms with Crippen LogP contribution in [0.4, 0.5) is 0 Å². The summed E-state index contributed by atoms with van der Waals surface area (Å²) in [5.74, 6) is 0. The van der Waals surface area contributed by atoms with Gasteiger partial charge in [0.1, 0.15) is 0 Å². The quantitative estimate of drug-likeness (QED) is 0.638. The van der Waals surface area contributed by atoms with Crippen LogP contribution < -0.4 is 4.35 Å². The molecule has 0 aliphatic carbocycles. The topological polar surface area (TPSA) is 0 Å². The fourth-order valence-corrected chi connectivity index (χ4v) is 2.76. The molecule has 0 spiro atoms. The summed E-state index contributed by atoms with van der Waals surface area (Å²) in [4.78, 5) is 0. The average molecular weight is 278 g/mol. The number of aryl methyl sites for hydroxylation is 1. The number of rotatable bonds is 0. The van der Waals surface area contributed by atoms with Crippen LogP contribution in [0.5, 0.6) is 0 Å². The van der Waals surface area contributed by atoms with Gasteiger partial charge in [0.2, 0.25) is 0 Å². The van der Waals surface area contributed by atoms with Crippen LogP contribution in [-0.2, 0) is 10.8 Å². The Morgan fingerprint density at radius 3 is 1.75 bits per heavy atom. The maximum atomic E-state index is 2.73. The molecule has 0 fully saturated rings. The third-order valence-electron chi connectivity index (χ3n) is 2.97. The Morgan fingerprint density at radius 2 is 1.38 bits per heavy atom. The van der Waals surface area contributed by atoms with Gasteiger partial charge >= 0.3 is 109 Å². The normalized spacial score (nSPS) is 13.0. The number of benzene rings is 1. The standard InChI is InChI=1S/C15H23As/c1-10-8-11(14(2,3)4)9-12(13(10)16)15(5,6)7/h8-9H,1-7H3. The Hall–Kier alpha value is -0.222. The first-order valence-corrected chi connectivity index (χ1v) is 6.82. The Labute approximate surface area is 109 Å². The Balaban J connectivity index is 3.46. The summed E-state index contributed by atoms with van der Waals surface area (Å²) in [6.45, 7) is 15.9. The molecular formula is C15H23As. The van der Waals surface area contributed by atoms with Gasteiger partial charge in [0.15, 0.2) is 0 Å². The summed E-state index contributed by atoms with van der Waals surface area (Å²) < 4.78 is 1.38. The summed E-state index contributed by atoms with van der Waals surface area (Å²) in [5, 5.41) is 0. The molecule has 1 aromatic carbocycles. The molecule has 16 heavy (non-hydrogen) atoms. The van der Waals surface area contributed by atoms with Gasteiger partial charge in [-0.15, -0.1) is 0 Å². The molecule has 1 aromatic rings. The van der Waals surface area contributed by atoms with Crippen LogP contribution in [0.2, 0.25) is 0 Å². The fraction of sp³-hybridized carbons (Fsp3) is 0.600. The van der Waals surface area contributed by atoms with E-state index in [9.17, 15) is 0 Å². The Morgan fingerprint density at radius 1 is 0.875 bits per heavy atom. The zero-order valence-electron chi connectivity index (χ0n) is 11.6. The molecule has 1 heteroatoms. The molecule has 0 saturated heterocycles. The van der Waals surface area contributed by atoms with Crippen molar-refractivity contribution >= 4 is 21.2 Å². The molecule has 0 bridgehead atoms. The van der Waals surface area contributed by atoms with Gasteiger partial charge in [-0.2, -0.15) is 0 Å². The van der Waals surface area contributed by atoms with Crippen molar-refractivity contribution < 1.29 is 0 Å². The summed E-state index contributed by atoms with van der Waals surface area (Å²) in [6, 6.07) is 4.70. The summed E-state index contributed by atoms with van der Waals surface area (Å²) in [6.07, 6.45) is 0. The SMILES string of the molecule is Cc1cc(C(C)(C)C)cc(C(C)(C)C)c1[As]. The van der Waals surface area contributed by atoms with Gasteiger partial charge in [-0.05, 0) is 0 Å². The second-order valence-electron chi connectivity index (χ2n) is 6.69. The van der Waals surface area contributed by atoms with E-state index in [0.717, 1.165) is 0 Å². The van der Waals surface area contributed by atoms with Gasteiger partial charge in [0.05, 0.1) is 0 Å². The number of hydrogen-bond donors (Lipinski definition) is 0. The van der Waals surface area contributed by atoms with Gasteiger partial charge < -0.3 is 0 Å². The summed E-state index contributed by atoms with van der Waals surface area (Å²) in [5.41, 5.74) is 4.72. The zero-order valence-corrected chi connectivity index (χ0v) is 13.5. The molecule has 0 unspecified atom stereocenters.